The van der Waals surface area contributed by atoms with Crippen molar-refractivity contribution >= 4 is 6.21 Å². The Morgan fingerprint density at radius 3 is 2.50 bits per heavy atom. The van der Waals surface area contributed by atoms with E-state index in [4.69, 9.17) is 0 Å². The quantitative estimate of drug-likeness (QED) is 0.446. The molecule has 1 nitrogen and oxygen atoms in total. The van der Waals surface area contributed by atoms with Crippen LogP contribution in [0.4, 0.5) is 0 Å². The topological polar surface area (TPSA) is 12.4 Å². The lowest BCUT2D eigenvalue weighted by atomic mass is 9.94. The van der Waals surface area contributed by atoms with Crippen molar-refractivity contribution in [1.29, 1.82) is 0 Å². The molecule has 0 aliphatic carbocycles. The molecule has 12 heavy (non-hydrogen) atoms. The maximum Gasteiger partial charge on any atom is 0.0221 e. The molecule has 0 aliphatic rings. The Bertz CT molecular complexity index is 185. The third-order valence-corrected chi connectivity index (χ3v) is 1.43. The zero-order valence-corrected chi connectivity index (χ0v) is 8.54. The highest BCUT2D eigenvalue weighted by Gasteiger charge is 2.08. The van der Waals surface area contributed by atoms with Crippen molar-refractivity contribution in [3.8, 4) is 0 Å². The molecule has 0 radical (unpaired) electrons. The Morgan fingerprint density at radius 1 is 1.33 bits per heavy atom. The van der Waals surface area contributed by atoms with Crippen molar-refractivity contribution in [2.75, 3.05) is 0 Å². The second-order valence-electron chi connectivity index (χ2n) is 3.39. The van der Waals surface area contributed by atoms with Gasteiger partial charge in [0.25, 0.3) is 0 Å². The Morgan fingerprint density at radius 2 is 2.00 bits per heavy atom. The molecule has 0 unspecified atom stereocenters. The standard InChI is InChI=1S/C11H19N/c1-5-7-8-11(3,4)10-12-9-6-2/h6-10H,5H2,1-4H3/b8-7-,9-6+,12-10-. The molecule has 0 amide bonds. The van der Waals surface area contributed by atoms with Crippen LogP contribution in [0.1, 0.15) is 34.1 Å². The number of rotatable bonds is 4. The molecule has 0 aliphatic heterocycles. The third kappa shape index (κ3) is 5.90. The highest BCUT2D eigenvalue weighted by Crippen LogP contribution is 2.13. The van der Waals surface area contributed by atoms with Crippen molar-refractivity contribution in [2.45, 2.75) is 34.1 Å². The minimum Gasteiger partial charge on any atom is -0.269 e. The van der Waals surface area contributed by atoms with Crippen LogP contribution >= 0.6 is 0 Å². The predicted octanol–water partition coefficient (Wildman–Crippen LogP) is 3.58. The summed E-state index contributed by atoms with van der Waals surface area (Å²) in [7, 11) is 0. The van der Waals surface area contributed by atoms with E-state index in [2.05, 4.69) is 37.9 Å². The average molecular weight is 165 g/mol. The first-order valence-corrected chi connectivity index (χ1v) is 4.45. The van der Waals surface area contributed by atoms with E-state index in [0.29, 0.717) is 0 Å². The van der Waals surface area contributed by atoms with Gasteiger partial charge in [0.05, 0.1) is 0 Å². The highest BCUT2D eigenvalue weighted by atomic mass is 14.7. The monoisotopic (exact) mass is 165 g/mol. The van der Waals surface area contributed by atoms with Crippen molar-refractivity contribution in [3.05, 3.63) is 24.4 Å². The molecule has 0 atom stereocenters. The summed E-state index contributed by atoms with van der Waals surface area (Å²) in [4.78, 5) is 4.16. The molecular weight excluding hydrogens is 146 g/mol. The summed E-state index contributed by atoms with van der Waals surface area (Å²) in [5.41, 5.74) is 0.0789. The Kier molecular flexibility index (Phi) is 5.35. The molecule has 0 rings (SSSR count). The molecule has 0 aromatic heterocycles. The summed E-state index contributed by atoms with van der Waals surface area (Å²) in [5.74, 6) is 0. The maximum absolute atomic E-state index is 4.16. The number of nitrogens with zero attached hydrogens (tertiary/aromatic N) is 1. The lowest BCUT2D eigenvalue weighted by molar-refractivity contribution is 0.690. The van der Waals surface area contributed by atoms with E-state index in [0.717, 1.165) is 6.42 Å². The van der Waals surface area contributed by atoms with Crippen LogP contribution in [-0.4, -0.2) is 6.21 Å². The molecule has 0 spiro atoms. The number of hydrogen-bond donors (Lipinski definition) is 0. The van der Waals surface area contributed by atoms with E-state index in [9.17, 15) is 0 Å². The van der Waals surface area contributed by atoms with Crippen molar-refractivity contribution in [3.63, 3.8) is 0 Å². The summed E-state index contributed by atoms with van der Waals surface area (Å²) in [6.07, 6.45) is 11.1. The zero-order valence-electron chi connectivity index (χ0n) is 8.54. The van der Waals surface area contributed by atoms with Crippen LogP contribution in [0.5, 0.6) is 0 Å². The Hall–Kier alpha value is -0.850. The van der Waals surface area contributed by atoms with E-state index < -0.39 is 0 Å². The fourth-order valence-electron chi connectivity index (χ4n) is 0.786. The average Bonchev–Trinajstić information content (AvgIpc) is 2.01. The maximum atomic E-state index is 4.16. The van der Waals surface area contributed by atoms with Crippen molar-refractivity contribution < 1.29 is 0 Å². The van der Waals surface area contributed by atoms with Gasteiger partial charge in [-0.15, -0.1) is 0 Å². The fourth-order valence-corrected chi connectivity index (χ4v) is 0.786. The zero-order chi connectivity index (χ0) is 9.45. The molecule has 0 saturated carbocycles. The minimum atomic E-state index is 0.0789. The molecule has 0 aromatic rings. The first kappa shape index (κ1) is 11.2. The molecule has 0 heterocycles. The Labute approximate surface area is 75.9 Å². The van der Waals surface area contributed by atoms with Crippen LogP contribution in [0, 0.1) is 5.41 Å². The van der Waals surface area contributed by atoms with Gasteiger partial charge in [-0.2, -0.15) is 0 Å². The smallest absolute Gasteiger partial charge is 0.0221 e. The molecular formula is C11H19N. The summed E-state index contributed by atoms with van der Waals surface area (Å²) in [6.45, 7) is 8.39. The summed E-state index contributed by atoms with van der Waals surface area (Å²) < 4.78 is 0. The van der Waals surface area contributed by atoms with Gasteiger partial charge in [-0.3, -0.25) is 4.99 Å². The minimum absolute atomic E-state index is 0.0789. The lowest BCUT2D eigenvalue weighted by Crippen LogP contribution is -2.08. The number of hydrogen-bond acceptors (Lipinski definition) is 1. The normalized spacial score (nSPS) is 14.0. The van der Waals surface area contributed by atoms with Crippen LogP contribution in [0.2, 0.25) is 0 Å². The Balaban J connectivity index is 4.11. The SMILES string of the molecule is C/C=C/N=C\C(C)(C)/C=C\CC. The van der Waals surface area contributed by atoms with E-state index in [1.807, 2.05) is 25.4 Å². The lowest BCUT2D eigenvalue weighted by Gasteiger charge is -2.12. The fraction of sp³-hybridized carbons (Fsp3) is 0.545. The summed E-state index contributed by atoms with van der Waals surface area (Å²) in [5, 5.41) is 0. The molecule has 1 heteroatoms. The predicted molar refractivity (Wildman–Crippen MR) is 56.5 cm³/mol. The third-order valence-electron chi connectivity index (χ3n) is 1.43. The van der Waals surface area contributed by atoms with Gasteiger partial charge in [0.2, 0.25) is 0 Å². The van der Waals surface area contributed by atoms with Gasteiger partial charge in [-0.1, -0.05) is 39.0 Å². The van der Waals surface area contributed by atoms with Crippen LogP contribution in [-0.2, 0) is 0 Å². The van der Waals surface area contributed by atoms with Crippen LogP contribution < -0.4 is 0 Å². The van der Waals surface area contributed by atoms with Crippen molar-refractivity contribution in [1.82, 2.24) is 0 Å². The second kappa shape index (κ2) is 5.76. The van der Waals surface area contributed by atoms with Gasteiger partial charge in [-0.05, 0) is 13.3 Å². The van der Waals surface area contributed by atoms with Gasteiger partial charge in [-0.25, -0.2) is 0 Å². The molecule has 68 valence electrons. The highest BCUT2D eigenvalue weighted by molar-refractivity contribution is 5.67. The van der Waals surface area contributed by atoms with E-state index in [1.165, 1.54) is 0 Å². The van der Waals surface area contributed by atoms with Crippen LogP contribution in [0.15, 0.2) is 29.4 Å². The molecule has 0 bridgehead atoms. The molecule has 0 N–H and O–H groups in total. The van der Waals surface area contributed by atoms with Crippen LogP contribution in [0.3, 0.4) is 0 Å². The first-order valence-electron chi connectivity index (χ1n) is 4.45. The van der Waals surface area contributed by atoms with E-state index >= 15 is 0 Å². The number of aliphatic imine (C=N–C) groups is 1. The van der Waals surface area contributed by atoms with Gasteiger partial charge >= 0.3 is 0 Å². The summed E-state index contributed by atoms with van der Waals surface area (Å²) in [6, 6.07) is 0. The van der Waals surface area contributed by atoms with Gasteiger partial charge in [0.15, 0.2) is 0 Å². The largest absolute Gasteiger partial charge is 0.269 e. The number of allylic oxidation sites excluding steroid dienone is 3. The van der Waals surface area contributed by atoms with Crippen molar-refractivity contribution in [2.24, 2.45) is 10.4 Å². The summed E-state index contributed by atoms with van der Waals surface area (Å²) >= 11 is 0. The van der Waals surface area contributed by atoms with E-state index in [1.54, 1.807) is 0 Å². The van der Waals surface area contributed by atoms with E-state index in [-0.39, 0.29) is 5.41 Å². The molecule has 0 fully saturated rings. The van der Waals surface area contributed by atoms with Crippen LogP contribution in [0.25, 0.3) is 0 Å². The second-order valence-corrected chi connectivity index (χ2v) is 3.39. The molecule has 0 saturated heterocycles. The molecule has 0 aromatic carbocycles. The first-order chi connectivity index (χ1) is 5.62. The van der Waals surface area contributed by atoms with Gasteiger partial charge in [0, 0.05) is 17.8 Å². The van der Waals surface area contributed by atoms with Gasteiger partial charge < -0.3 is 0 Å². The van der Waals surface area contributed by atoms with Gasteiger partial charge in [0.1, 0.15) is 0 Å².